The number of fused-ring (bicyclic) bond motifs is 1. The second kappa shape index (κ2) is 15.1. The van der Waals surface area contributed by atoms with E-state index in [1.54, 1.807) is 41.4 Å². The lowest BCUT2D eigenvalue weighted by Crippen LogP contribution is -2.30. The Labute approximate surface area is 235 Å². The van der Waals surface area contributed by atoms with Crippen LogP contribution in [-0.2, 0) is 0 Å². The molecule has 200 valence electrons. The van der Waals surface area contributed by atoms with E-state index in [1.165, 1.54) is 6.07 Å². The maximum Gasteiger partial charge on any atom is 0.257 e. The van der Waals surface area contributed by atoms with Crippen LogP contribution in [-0.4, -0.2) is 34.8 Å². The molecule has 0 aliphatic rings. The van der Waals surface area contributed by atoms with Crippen molar-refractivity contribution < 1.29 is 9.59 Å². The average Bonchev–Trinajstić information content (AvgIpc) is 2.96. The molecular weight excluding hydrogens is 517 g/mol. The molecule has 0 saturated heterocycles. The van der Waals surface area contributed by atoms with Gasteiger partial charge in [0.15, 0.2) is 0 Å². The second-order valence-corrected chi connectivity index (χ2v) is 8.52. The number of halogens is 2. The summed E-state index contributed by atoms with van der Waals surface area (Å²) in [7, 11) is 0. The molecule has 0 bridgehead atoms. The SMILES string of the molecule is CC.CC.CCN(CC)C(=O)c1ccc(C(=O)Nc2ccc(Cl)c(-c3nccc4ccccc34)c2)c(Cl)c1. The minimum absolute atomic E-state index is 0.121. The van der Waals surface area contributed by atoms with Crippen LogP contribution in [0.25, 0.3) is 22.0 Å². The number of aromatic nitrogens is 1. The first-order valence-electron chi connectivity index (χ1n) is 13.0. The van der Waals surface area contributed by atoms with Crippen LogP contribution >= 0.6 is 23.2 Å². The van der Waals surface area contributed by atoms with E-state index in [-0.39, 0.29) is 22.4 Å². The summed E-state index contributed by atoms with van der Waals surface area (Å²) >= 11 is 12.9. The van der Waals surface area contributed by atoms with Gasteiger partial charge in [-0.3, -0.25) is 14.6 Å². The lowest BCUT2D eigenvalue weighted by atomic mass is 10.0. The minimum atomic E-state index is -0.383. The largest absolute Gasteiger partial charge is 0.339 e. The molecule has 7 heteroatoms. The zero-order valence-corrected chi connectivity index (χ0v) is 24.3. The molecule has 5 nitrogen and oxygen atoms in total. The lowest BCUT2D eigenvalue weighted by Gasteiger charge is -2.19. The normalized spacial score (nSPS) is 10.0. The number of anilines is 1. The maximum atomic E-state index is 13.0. The van der Waals surface area contributed by atoms with Crippen LogP contribution in [0.15, 0.2) is 72.9 Å². The number of amides is 2. The van der Waals surface area contributed by atoms with Crippen LogP contribution in [0.5, 0.6) is 0 Å². The van der Waals surface area contributed by atoms with Gasteiger partial charge in [0.05, 0.1) is 21.3 Å². The minimum Gasteiger partial charge on any atom is -0.339 e. The van der Waals surface area contributed by atoms with Crippen molar-refractivity contribution in [2.45, 2.75) is 41.5 Å². The van der Waals surface area contributed by atoms with Gasteiger partial charge in [0.1, 0.15) is 0 Å². The fourth-order valence-corrected chi connectivity index (χ4v) is 4.32. The van der Waals surface area contributed by atoms with Gasteiger partial charge in [0.2, 0.25) is 0 Å². The fraction of sp³-hybridized carbons (Fsp3) is 0.258. The molecule has 0 saturated carbocycles. The number of carbonyl (C=O) groups excluding carboxylic acids is 2. The number of carbonyl (C=O) groups is 2. The predicted octanol–water partition coefficient (Wildman–Crippen LogP) is 9.00. The smallest absolute Gasteiger partial charge is 0.257 e. The molecule has 0 radical (unpaired) electrons. The third-order valence-electron chi connectivity index (χ3n) is 5.66. The van der Waals surface area contributed by atoms with Gasteiger partial charge in [-0.2, -0.15) is 0 Å². The van der Waals surface area contributed by atoms with E-state index in [0.717, 1.165) is 16.5 Å². The van der Waals surface area contributed by atoms with Crippen molar-refractivity contribution in [1.29, 1.82) is 0 Å². The number of hydrogen-bond acceptors (Lipinski definition) is 3. The van der Waals surface area contributed by atoms with Gasteiger partial charge in [-0.15, -0.1) is 0 Å². The Hall–Kier alpha value is -3.41. The number of rotatable bonds is 6. The molecule has 1 heterocycles. The van der Waals surface area contributed by atoms with E-state index >= 15 is 0 Å². The van der Waals surface area contributed by atoms with Gasteiger partial charge < -0.3 is 10.2 Å². The van der Waals surface area contributed by atoms with Crippen LogP contribution < -0.4 is 5.32 Å². The average molecular weight is 553 g/mol. The number of nitrogens with one attached hydrogen (secondary N) is 1. The fourth-order valence-electron chi connectivity index (χ4n) is 3.84. The van der Waals surface area contributed by atoms with E-state index in [9.17, 15) is 9.59 Å². The summed E-state index contributed by atoms with van der Waals surface area (Å²) in [5.41, 5.74) is 2.72. The Kier molecular flexibility index (Phi) is 12.3. The topological polar surface area (TPSA) is 62.3 Å². The zero-order valence-electron chi connectivity index (χ0n) is 22.8. The van der Waals surface area contributed by atoms with Gasteiger partial charge >= 0.3 is 0 Å². The zero-order chi connectivity index (χ0) is 28.2. The molecular formula is C31H35Cl2N3O2. The van der Waals surface area contributed by atoms with Crippen molar-refractivity contribution in [2.75, 3.05) is 18.4 Å². The molecule has 1 N–H and O–H groups in total. The highest BCUT2D eigenvalue weighted by atomic mass is 35.5. The summed E-state index contributed by atoms with van der Waals surface area (Å²) in [6.07, 6.45) is 1.74. The van der Waals surface area contributed by atoms with E-state index < -0.39 is 0 Å². The van der Waals surface area contributed by atoms with Gasteiger partial charge in [0.25, 0.3) is 11.8 Å². The standard InChI is InChI=1S/C27H23Cl2N3O2.2C2H6/c1-3-32(4-2)27(34)18-9-11-21(24(29)15-18)26(33)31-19-10-12-23(28)22(16-19)25-20-8-6-5-7-17(20)13-14-30-25;2*1-2/h5-16H,3-4H2,1-2H3,(H,31,33);2*1-2H3. The van der Waals surface area contributed by atoms with E-state index in [0.29, 0.717) is 34.9 Å². The molecule has 0 aliphatic heterocycles. The van der Waals surface area contributed by atoms with Crippen LogP contribution in [0.4, 0.5) is 5.69 Å². The van der Waals surface area contributed by atoms with Gasteiger partial charge in [-0.25, -0.2) is 0 Å². The first-order valence-corrected chi connectivity index (χ1v) is 13.7. The molecule has 38 heavy (non-hydrogen) atoms. The van der Waals surface area contributed by atoms with E-state index in [4.69, 9.17) is 23.2 Å². The second-order valence-electron chi connectivity index (χ2n) is 7.70. The van der Waals surface area contributed by atoms with Crippen LogP contribution in [0.2, 0.25) is 10.0 Å². The van der Waals surface area contributed by atoms with Crippen LogP contribution in [0.1, 0.15) is 62.3 Å². The molecule has 0 aliphatic carbocycles. The Morgan fingerprint density at radius 3 is 2.18 bits per heavy atom. The maximum absolute atomic E-state index is 13.0. The monoisotopic (exact) mass is 551 g/mol. The van der Waals surface area contributed by atoms with Gasteiger partial charge in [-0.05, 0) is 61.7 Å². The molecule has 2 amide bonds. The van der Waals surface area contributed by atoms with E-state index in [2.05, 4.69) is 10.3 Å². The Morgan fingerprint density at radius 2 is 1.53 bits per heavy atom. The molecule has 1 aromatic heterocycles. The summed E-state index contributed by atoms with van der Waals surface area (Å²) in [6.45, 7) is 13.0. The molecule has 0 unspecified atom stereocenters. The number of pyridine rings is 1. The molecule has 3 aromatic carbocycles. The number of nitrogens with zero attached hydrogens (tertiary/aromatic N) is 2. The first kappa shape index (κ1) is 30.8. The lowest BCUT2D eigenvalue weighted by molar-refractivity contribution is 0.0772. The van der Waals surface area contributed by atoms with Crippen molar-refractivity contribution >= 4 is 51.5 Å². The summed E-state index contributed by atoms with van der Waals surface area (Å²) < 4.78 is 0. The van der Waals surface area contributed by atoms with Crippen molar-refractivity contribution in [2.24, 2.45) is 0 Å². The molecule has 4 rings (SSSR count). The Bertz CT molecular complexity index is 1380. The summed E-state index contributed by atoms with van der Waals surface area (Å²) in [5, 5.41) is 5.62. The van der Waals surface area contributed by atoms with Crippen LogP contribution in [0, 0.1) is 0 Å². The van der Waals surface area contributed by atoms with Crippen molar-refractivity contribution in [1.82, 2.24) is 9.88 Å². The Morgan fingerprint density at radius 1 is 0.842 bits per heavy atom. The van der Waals surface area contributed by atoms with E-state index in [1.807, 2.05) is 71.9 Å². The van der Waals surface area contributed by atoms with Gasteiger partial charge in [-0.1, -0.05) is 75.2 Å². The highest BCUT2D eigenvalue weighted by Crippen LogP contribution is 2.34. The third-order valence-corrected chi connectivity index (χ3v) is 6.31. The third kappa shape index (κ3) is 7.12. The summed E-state index contributed by atoms with van der Waals surface area (Å²) in [4.78, 5) is 31.8. The molecule has 0 atom stereocenters. The number of hydrogen-bond donors (Lipinski definition) is 1. The molecule has 0 spiro atoms. The van der Waals surface area contributed by atoms with Gasteiger partial charge in [0, 0.05) is 41.5 Å². The molecule has 4 aromatic rings. The predicted molar refractivity (Wildman–Crippen MR) is 162 cm³/mol. The summed E-state index contributed by atoms with van der Waals surface area (Å²) in [5.74, 6) is -0.505. The van der Waals surface area contributed by atoms with Crippen LogP contribution in [0.3, 0.4) is 0 Å². The number of benzene rings is 3. The van der Waals surface area contributed by atoms with Crippen molar-refractivity contribution in [3.05, 3.63) is 94.1 Å². The van der Waals surface area contributed by atoms with Crippen molar-refractivity contribution in [3.63, 3.8) is 0 Å². The highest BCUT2D eigenvalue weighted by molar-refractivity contribution is 6.35. The first-order chi connectivity index (χ1) is 18.4. The Balaban J connectivity index is 0.00000121. The molecule has 0 fully saturated rings. The summed E-state index contributed by atoms with van der Waals surface area (Å²) in [6, 6.07) is 19.8. The van der Waals surface area contributed by atoms with Crippen molar-refractivity contribution in [3.8, 4) is 11.3 Å². The quantitative estimate of drug-likeness (QED) is 0.260. The highest BCUT2D eigenvalue weighted by Gasteiger charge is 2.18.